The van der Waals surface area contributed by atoms with Gasteiger partial charge in [0.15, 0.2) is 5.82 Å². The minimum atomic E-state index is -0.824. The molecule has 2 heterocycles. The summed E-state index contributed by atoms with van der Waals surface area (Å²) in [5.74, 6) is -0.0342. The average molecular weight is 392 g/mol. The lowest BCUT2D eigenvalue weighted by Crippen LogP contribution is -2.23. The number of nitrogens with one attached hydrogen (secondary N) is 2. The van der Waals surface area contributed by atoms with Crippen LogP contribution in [0.25, 0.3) is 11.4 Å². The molecular weight excluding hydrogens is 376 g/mol. The summed E-state index contributed by atoms with van der Waals surface area (Å²) in [5, 5.41) is 20.3. The second kappa shape index (κ2) is 7.15. The molecule has 0 radical (unpaired) electrons. The van der Waals surface area contributed by atoms with Gasteiger partial charge in [-0.25, -0.2) is 4.68 Å². The zero-order valence-electron chi connectivity index (χ0n) is 15.3. The van der Waals surface area contributed by atoms with Crippen LogP contribution in [-0.2, 0) is 9.59 Å². The Morgan fingerprint density at radius 2 is 1.90 bits per heavy atom. The molecule has 2 amide bonds. The van der Waals surface area contributed by atoms with E-state index in [0.29, 0.717) is 17.5 Å². The number of hydrogen-bond acceptors (Lipinski definition) is 6. The van der Waals surface area contributed by atoms with E-state index in [1.165, 1.54) is 28.9 Å². The molecule has 0 spiro atoms. The third-order valence-electron chi connectivity index (χ3n) is 4.51. The Bertz CT molecular complexity index is 1100. The van der Waals surface area contributed by atoms with E-state index in [1.807, 2.05) is 31.2 Å². The number of amides is 2. The maximum Gasteiger partial charge on any atom is 0.269 e. The number of carbonyl (C=O) groups is 2. The molecule has 0 aliphatic carbocycles. The first-order chi connectivity index (χ1) is 13.9. The summed E-state index contributed by atoms with van der Waals surface area (Å²) in [6.07, 6.45) is -0.146. The zero-order chi connectivity index (χ0) is 20.5. The van der Waals surface area contributed by atoms with Gasteiger partial charge in [0.25, 0.3) is 11.6 Å². The number of hydrogen-bond donors (Lipinski definition) is 2. The number of nitro groups is 1. The van der Waals surface area contributed by atoms with Crippen molar-refractivity contribution in [3.05, 3.63) is 64.2 Å². The van der Waals surface area contributed by atoms with Gasteiger partial charge in [-0.2, -0.15) is 4.98 Å². The van der Waals surface area contributed by atoms with E-state index >= 15 is 0 Å². The molecular formula is C19H16N6O4. The second-order valence-corrected chi connectivity index (χ2v) is 6.63. The molecule has 2 N–H and O–H groups in total. The fourth-order valence-electron chi connectivity index (χ4n) is 2.99. The predicted octanol–water partition coefficient (Wildman–Crippen LogP) is 2.68. The quantitative estimate of drug-likeness (QED) is 0.507. The van der Waals surface area contributed by atoms with Gasteiger partial charge in [0.1, 0.15) is 6.04 Å². The molecule has 0 saturated heterocycles. The van der Waals surface area contributed by atoms with Crippen molar-refractivity contribution in [3.63, 3.8) is 0 Å². The molecule has 0 bridgehead atoms. The summed E-state index contributed by atoms with van der Waals surface area (Å²) in [5.41, 5.74) is 2.24. The van der Waals surface area contributed by atoms with Gasteiger partial charge in [0.05, 0.1) is 11.3 Å². The molecule has 1 unspecified atom stereocenters. The van der Waals surface area contributed by atoms with Gasteiger partial charge < -0.3 is 5.32 Å². The van der Waals surface area contributed by atoms with Crippen LogP contribution in [0.15, 0.2) is 48.5 Å². The van der Waals surface area contributed by atoms with Gasteiger partial charge in [-0.15, -0.1) is 5.10 Å². The smallest absolute Gasteiger partial charge is 0.269 e. The van der Waals surface area contributed by atoms with Crippen molar-refractivity contribution in [2.45, 2.75) is 19.4 Å². The molecule has 146 valence electrons. The van der Waals surface area contributed by atoms with Crippen LogP contribution >= 0.6 is 0 Å². The van der Waals surface area contributed by atoms with Crippen molar-refractivity contribution >= 4 is 29.1 Å². The van der Waals surface area contributed by atoms with E-state index in [2.05, 4.69) is 20.7 Å². The van der Waals surface area contributed by atoms with Crippen molar-refractivity contribution in [2.75, 3.05) is 10.6 Å². The Morgan fingerprint density at radius 1 is 1.21 bits per heavy atom. The predicted molar refractivity (Wildman–Crippen MR) is 104 cm³/mol. The topological polar surface area (TPSA) is 132 Å². The van der Waals surface area contributed by atoms with Crippen LogP contribution < -0.4 is 10.6 Å². The Balaban J connectivity index is 1.48. The van der Waals surface area contributed by atoms with E-state index in [4.69, 9.17) is 0 Å². The van der Waals surface area contributed by atoms with Crippen LogP contribution in [-0.4, -0.2) is 31.5 Å². The van der Waals surface area contributed by atoms with E-state index < -0.39 is 16.9 Å². The molecule has 1 aliphatic rings. The number of fused-ring (bicyclic) bond motifs is 1. The van der Waals surface area contributed by atoms with E-state index in [9.17, 15) is 19.7 Å². The van der Waals surface area contributed by atoms with Gasteiger partial charge >= 0.3 is 0 Å². The van der Waals surface area contributed by atoms with Crippen LogP contribution in [0.4, 0.5) is 17.3 Å². The summed E-state index contributed by atoms with van der Waals surface area (Å²) in [6.45, 7) is 1.98. The Morgan fingerprint density at radius 3 is 2.55 bits per heavy atom. The Kier molecular flexibility index (Phi) is 4.51. The van der Waals surface area contributed by atoms with Crippen LogP contribution in [0, 0.1) is 17.0 Å². The molecule has 29 heavy (non-hydrogen) atoms. The first-order valence-electron chi connectivity index (χ1n) is 8.79. The fourth-order valence-corrected chi connectivity index (χ4v) is 2.99. The van der Waals surface area contributed by atoms with Gasteiger partial charge in [-0.05, 0) is 19.1 Å². The van der Waals surface area contributed by atoms with Crippen molar-refractivity contribution in [2.24, 2.45) is 0 Å². The number of carbonyl (C=O) groups excluding carboxylic acids is 2. The third kappa shape index (κ3) is 3.68. The van der Waals surface area contributed by atoms with Crippen molar-refractivity contribution in [1.82, 2.24) is 14.8 Å². The van der Waals surface area contributed by atoms with Crippen molar-refractivity contribution in [3.8, 4) is 11.4 Å². The van der Waals surface area contributed by atoms with Gasteiger partial charge in [0, 0.05) is 23.4 Å². The number of aryl methyl sites for hydroxylation is 1. The highest BCUT2D eigenvalue weighted by Crippen LogP contribution is 2.28. The Labute approximate surface area is 164 Å². The van der Waals surface area contributed by atoms with Gasteiger partial charge in [-0.1, -0.05) is 29.8 Å². The molecule has 2 aromatic carbocycles. The molecule has 10 nitrogen and oxygen atoms in total. The Hall–Kier alpha value is -4.08. The summed E-state index contributed by atoms with van der Waals surface area (Å²) in [4.78, 5) is 39.1. The highest BCUT2D eigenvalue weighted by atomic mass is 16.6. The molecule has 0 saturated carbocycles. The molecule has 10 heteroatoms. The third-order valence-corrected chi connectivity index (χ3v) is 4.51. The summed E-state index contributed by atoms with van der Waals surface area (Å²) < 4.78 is 1.41. The minimum Gasteiger partial charge on any atom is -0.326 e. The summed E-state index contributed by atoms with van der Waals surface area (Å²) >= 11 is 0. The fraction of sp³-hybridized carbons (Fsp3) is 0.158. The number of nitrogens with zero attached hydrogens (tertiary/aromatic N) is 4. The van der Waals surface area contributed by atoms with Crippen LogP contribution in [0.1, 0.15) is 18.0 Å². The van der Waals surface area contributed by atoms with E-state index in [0.717, 1.165) is 11.1 Å². The van der Waals surface area contributed by atoms with Crippen molar-refractivity contribution < 1.29 is 14.5 Å². The van der Waals surface area contributed by atoms with Gasteiger partial charge in [-0.3, -0.25) is 25.0 Å². The van der Waals surface area contributed by atoms with Crippen LogP contribution in [0.2, 0.25) is 0 Å². The molecule has 1 atom stereocenters. The zero-order valence-corrected chi connectivity index (χ0v) is 15.3. The maximum atomic E-state index is 12.4. The number of benzene rings is 2. The molecule has 1 aromatic heterocycles. The molecule has 0 fully saturated rings. The summed E-state index contributed by atoms with van der Waals surface area (Å²) in [7, 11) is 0. The first-order valence-corrected chi connectivity index (χ1v) is 8.79. The lowest BCUT2D eigenvalue weighted by Gasteiger charge is -2.09. The standard InChI is InChI=1S/C19H16N6O4/c1-11-2-4-12(5-3-11)17-21-19-22-18(27)15(24(19)23-17)10-16(26)20-13-6-8-14(9-7-13)25(28)29/h2-9,15H,10H2,1H3,(H,20,26)(H,21,22,23,27). The number of anilines is 2. The summed E-state index contributed by atoms with van der Waals surface area (Å²) in [6, 6.07) is 12.3. The van der Waals surface area contributed by atoms with E-state index in [1.54, 1.807) is 0 Å². The highest BCUT2D eigenvalue weighted by Gasteiger charge is 2.35. The lowest BCUT2D eigenvalue weighted by molar-refractivity contribution is -0.384. The average Bonchev–Trinajstić information content (AvgIpc) is 3.21. The molecule has 1 aliphatic heterocycles. The normalized spacial score (nSPS) is 14.9. The van der Waals surface area contributed by atoms with E-state index in [-0.39, 0.29) is 18.0 Å². The molecule has 4 rings (SSSR count). The second-order valence-electron chi connectivity index (χ2n) is 6.63. The number of aromatic nitrogens is 3. The minimum absolute atomic E-state index is 0.0749. The number of non-ortho nitro benzene ring substituents is 1. The van der Waals surface area contributed by atoms with Gasteiger partial charge in [0.2, 0.25) is 11.9 Å². The van der Waals surface area contributed by atoms with Crippen LogP contribution in [0.3, 0.4) is 0 Å². The SMILES string of the molecule is Cc1ccc(-c2nc3n(n2)C(CC(=O)Nc2ccc([N+](=O)[O-])cc2)C(=O)N3)cc1. The number of rotatable bonds is 5. The monoisotopic (exact) mass is 392 g/mol. The van der Waals surface area contributed by atoms with Crippen molar-refractivity contribution in [1.29, 1.82) is 0 Å². The maximum absolute atomic E-state index is 12.4. The molecule has 3 aromatic rings. The van der Waals surface area contributed by atoms with Crippen LogP contribution in [0.5, 0.6) is 0 Å². The highest BCUT2D eigenvalue weighted by molar-refractivity contribution is 6.01. The largest absolute Gasteiger partial charge is 0.326 e. The number of nitro benzene ring substituents is 1. The first kappa shape index (κ1) is 18.3. The lowest BCUT2D eigenvalue weighted by atomic mass is 10.1.